The zero-order chi connectivity index (χ0) is 14.1. The first-order valence-corrected chi connectivity index (χ1v) is 6.74. The average Bonchev–Trinajstić information content (AvgIpc) is 2.92. The number of anilines is 1. The van der Waals surface area contributed by atoms with E-state index in [-0.39, 0.29) is 5.91 Å². The van der Waals surface area contributed by atoms with E-state index in [2.05, 4.69) is 11.2 Å². The Labute approximate surface area is 117 Å². The number of aromatic nitrogens is 1. The first-order valence-electron chi connectivity index (χ1n) is 6.74. The van der Waals surface area contributed by atoms with Crippen LogP contribution < -0.4 is 10.6 Å². The second-order valence-corrected chi connectivity index (χ2v) is 5.02. The van der Waals surface area contributed by atoms with Crippen LogP contribution in [-0.2, 0) is 17.6 Å². The van der Waals surface area contributed by atoms with Crippen molar-refractivity contribution in [1.29, 1.82) is 0 Å². The molecule has 3 rings (SSSR count). The van der Waals surface area contributed by atoms with Crippen molar-refractivity contribution in [3.05, 3.63) is 35.5 Å². The lowest BCUT2D eigenvalue weighted by Gasteiger charge is -2.25. The first-order chi connectivity index (χ1) is 9.69. The molecule has 1 aromatic carbocycles. The van der Waals surface area contributed by atoms with E-state index in [1.54, 1.807) is 4.90 Å². The number of amides is 1. The van der Waals surface area contributed by atoms with Gasteiger partial charge in [0.2, 0.25) is 5.91 Å². The highest BCUT2D eigenvalue weighted by molar-refractivity contribution is 5.96. The number of aryl methyl sites for hydroxylation is 1. The van der Waals surface area contributed by atoms with Gasteiger partial charge in [-0.15, -0.1) is 0 Å². The fraction of sp³-hybridized carbons (Fsp3) is 0.333. The zero-order valence-corrected chi connectivity index (χ0v) is 11.4. The summed E-state index contributed by atoms with van der Waals surface area (Å²) in [5, 5.41) is 4.00. The van der Waals surface area contributed by atoms with E-state index < -0.39 is 0 Å². The lowest BCUT2D eigenvalue weighted by atomic mass is 9.98. The molecule has 0 saturated heterocycles. The Bertz CT molecular complexity index is 648. The molecule has 1 aliphatic heterocycles. The van der Waals surface area contributed by atoms with Crippen molar-refractivity contribution in [1.82, 2.24) is 5.16 Å². The quantitative estimate of drug-likeness (QED) is 0.923. The monoisotopic (exact) mass is 271 g/mol. The Morgan fingerprint density at radius 1 is 1.35 bits per heavy atom. The minimum absolute atomic E-state index is 0.162. The SMILES string of the molecule is CN1C(=O)CCc2cc(-c3cc(CCN)no3)ccc21. The summed E-state index contributed by atoms with van der Waals surface area (Å²) in [4.78, 5) is 13.4. The number of nitrogens with two attached hydrogens (primary N) is 1. The summed E-state index contributed by atoms with van der Waals surface area (Å²) in [5.74, 6) is 0.908. The van der Waals surface area contributed by atoms with Crippen LogP contribution in [-0.4, -0.2) is 24.7 Å². The molecule has 0 unspecified atom stereocenters. The van der Waals surface area contributed by atoms with Crippen LogP contribution in [0.1, 0.15) is 17.7 Å². The molecule has 0 bridgehead atoms. The molecule has 0 fully saturated rings. The molecule has 2 aromatic rings. The second kappa shape index (κ2) is 5.09. The van der Waals surface area contributed by atoms with Crippen LogP contribution in [0.15, 0.2) is 28.8 Å². The Balaban J connectivity index is 1.93. The predicted molar refractivity (Wildman–Crippen MR) is 76.4 cm³/mol. The molecule has 2 N–H and O–H groups in total. The molecular formula is C15H17N3O2. The standard InChI is InChI=1S/C15H17N3O2/c1-18-13-4-2-11(8-10(13)3-5-15(18)19)14-9-12(6-7-16)17-20-14/h2,4,8-9H,3,5-7,16H2,1H3. The summed E-state index contributed by atoms with van der Waals surface area (Å²) in [6.45, 7) is 0.559. The van der Waals surface area contributed by atoms with Gasteiger partial charge in [0, 0.05) is 37.2 Å². The molecule has 1 aliphatic rings. The number of fused-ring (bicyclic) bond motifs is 1. The summed E-state index contributed by atoms with van der Waals surface area (Å²) < 4.78 is 5.36. The maximum Gasteiger partial charge on any atom is 0.227 e. The molecule has 1 amide bonds. The Morgan fingerprint density at radius 2 is 2.20 bits per heavy atom. The van der Waals surface area contributed by atoms with Crippen LogP contribution >= 0.6 is 0 Å². The molecule has 5 heteroatoms. The third-order valence-corrected chi connectivity index (χ3v) is 3.67. The Hall–Kier alpha value is -2.14. The topological polar surface area (TPSA) is 72.4 Å². The summed E-state index contributed by atoms with van der Waals surface area (Å²) in [7, 11) is 1.81. The Morgan fingerprint density at radius 3 is 3.00 bits per heavy atom. The predicted octanol–water partition coefficient (Wildman–Crippen LogP) is 1.75. The molecule has 20 heavy (non-hydrogen) atoms. The first kappa shape index (κ1) is 12.9. The van der Waals surface area contributed by atoms with E-state index in [0.717, 1.165) is 29.1 Å². The second-order valence-electron chi connectivity index (χ2n) is 5.02. The fourth-order valence-corrected chi connectivity index (χ4v) is 2.52. The zero-order valence-electron chi connectivity index (χ0n) is 11.4. The van der Waals surface area contributed by atoms with Crippen LogP contribution in [0.25, 0.3) is 11.3 Å². The van der Waals surface area contributed by atoms with Gasteiger partial charge in [-0.1, -0.05) is 5.16 Å². The summed E-state index contributed by atoms with van der Waals surface area (Å²) in [6.07, 6.45) is 2.05. The number of hydrogen-bond acceptors (Lipinski definition) is 4. The number of rotatable bonds is 3. The van der Waals surface area contributed by atoms with E-state index in [1.807, 2.05) is 25.2 Å². The smallest absolute Gasteiger partial charge is 0.227 e. The van der Waals surface area contributed by atoms with Gasteiger partial charge in [-0.2, -0.15) is 0 Å². The minimum Gasteiger partial charge on any atom is -0.356 e. The maximum atomic E-state index is 11.7. The van der Waals surface area contributed by atoms with Crippen LogP contribution in [0.3, 0.4) is 0 Å². The van der Waals surface area contributed by atoms with Gasteiger partial charge in [0.05, 0.1) is 5.69 Å². The third kappa shape index (κ3) is 2.20. The van der Waals surface area contributed by atoms with Crippen LogP contribution in [0, 0.1) is 0 Å². The average molecular weight is 271 g/mol. The molecule has 0 atom stereocenters. The fourth-order valence-electron chi connectivity index (χ4n) is 2.52. The van der Waals surface area contributed by atoms with Crippen LogP contribution in [0.5, 0.6) is 0 Å². The Kier molecular flexibility index (Phi) is 3.28. The van der Waals surface area contributed by atoms with Gasteiger partial charge in [-0.05, 0) is 36.7 Å². The van der Waals surface area contributed by atoms with Crippen LogP contribution in [0.2, 0.25) is 0 Å². The highest BCUT2D eigenvalue weighted by atomic mass is 16.5. The summed E-state index contributed by atoms with van der Waals surface area (Å²) in [5.41, 5.74) is 9.51. The van der Waals surface area contributed by atoms with Crippen molar-refractivity contribution in [2.75, 3.05) is 18.5 Å². The number of carbonyl (C=O) groups excluding carboxylic acids is 1. The highest BCUT2D eigenvalue weighted by Crippen LogP contribution is 2.31. The molecule has 0 radical (unpaired) electrons. The minimum atomic E-state index is 0.162. The van der Waals surface area contributed by atoms with E-state index >= 15 is 0 Å². The number of carbonyl (C=O) groups is 1. The number of nitrogens with zero attached hydrogens (tertiary/aromatic N) is 2. The third-order valence-electron chi connectivity index (χ3n) is 3.67. The molecule has 0 aliphatic carbocycles. The molecule has 1 aromatic heterocycles. The lowest BCUT2D eigenvalue weighted by molar-refractivity contribution is -0.118. The van der Waals surface area contributed by atoms with Gasteiger partial charge in [0.25, 0.3) is 0 Å². The van der Waals surface area contributed by atoms with E-state index in [9.17, 15) is 4.79 Å². The molecular weight excluding hydrogens is 254 g/mol. The van der Waals surface area contributed by atoms with Gasteiger partial charge in [0.1, 0.15) is 0 Å². The van der Waals surface area contributed by atoms with Crippen molar-refractivity contribution in [2.24, 2.45) is 5.73 Å². The number of hydrogen-bond donors (Lipinski definition) is 1. The highest BCUT2D eigenvalue weighted by Gasteiger charge is 2.21. The summed E-state index contributed by atoms with van der Waals surface area (Å²) in [6, 6.07) is 7.92. The van der Waals surface area contributed by atoms with Crippen molar-refractivity contribution >= 4 is 11.6 Å². The lowest BCUT2D eigenvalue weighted by Crippen LogP contribution is -2.30. The van der Waals surface area contributed by atoms with E-state index in [4.69, 9.17) is 10.3 Å². The molecule has 2 heterocycles. The number of benzene rings is 1. The molecule has 5 nitrogen and oxygen atoms in total. The largest absolute Gasteiger partial charge is 0.356 e. The van der Waals surface area contributed by atoms with Crippen molar-refractivity contribution in [2.45, 2.75) is 19.3 Å². The van der Waals surface area contributed by atoms with E-state index in [0.29, 0.717) is 19.4 Å². The van der Waals surface area contributed by atoms with E-state index in [1.165, 1.54) is 5.56 Å². The van der Waals surface area contributed by atoms with Crippen LogP contribution in [0.4, 0.5) is 5.69 Å². The molecule has 0 saturated carbocycles. The maximum absolute atomic E-state index is 11.7. The van der Waals surface area contributed by atoms with Gasteiger partial charge in [0.15, 0.2) is 5.76 Å². The van der Waals surface area contributed by atoms with Crippen molar-refractivity contribution < 1.29 is 9.32 Å². The summed E-state index contributed by atoms with van der Waals surface area (Å²) >= 11 is 0. The van der Waals surface area contributed by atoms with Gasteiger partial charge < -0.3 is 15.2 Å². The normalized spacial score (nSPS) is 14.5. The van der Waals surface area contributed by atoms with Gasteiger partial charge >= 0.3 is 0 Å². The van der Waals surface area contributed by atoms with Gasteiger partial charge in [-0.25, -0.2) is 0 Å². The molecule has 104 valence electrons. The van der Waals surface area contributed by atoms with Gasteiger partial charge in [-0.3, -0.25) is 4.79 Å². The van der Waals surface area contributed by atoms with Crippen molar-refractivity contribution in [3.63, 3.8) is 0 Å². The molecule has 0 spiro atoms. The van der Waals surface area contributed by atoms with Crippen molar-refractivity contribution in [3.8, 4) is 11.3 Å².